The number of likely N-dealkylation sites (N-methyl/N-ethyl adjacent to an activating group) is 1. The van der Waals surface area contributed by atoms with E-state index in [1.54, 1.807) is 20.8 Å². The van der Waals surface area contributed by atoms with Crippen LogP contribution in [0.1, 0.15) is 58.4 Å². The number of ketones is 1. The summed E-state index contributed by atoms with van der Waals surface area (Å²) in [5.41, 5.74) is 0.575. The topological polar surface area (TPSA) is 121 Å². The summed E-state index contributed by atoms with van der Waals surface area (Å²) in [5, 5.41) is 8.00. The quantitative estimate of drug-likeness (QED) is 0.189. The lowest BCUT2D eigenvalue weighted by Gasteiger charge is -2.25. The van der Waals surface area contributed by atoms with E-state index in [9.17, 15) is 27.8 Å². The van der Waals surface area contributed by atoms with Gasteiger partial charge in [0.15, 0.2) is 0 Å². The maximum atomic E-state index is 13.3. The minimum Gasteiger partial charge on any atom is -0.350 e. The molecule has 3 N–H and O–H groups in total. The molecule has 4 atom stereocenters. The number of benzene rings is 1. The average molecular weight is 542 g/mol. The smallest absolute Gasteiger partial charge is 0.289 e. The summed E-state index contributed by atoms with van der Waals surface area (Å²) in [6.07, 6.45) is 3.39. The van der Waals surface area contributed by atoms with Crippen LogP contribution >= 0.6 is 10.8 Å². The Morgan fingerprint density at radius 3 is 2.39 bits per heavy atom. The number of halogens is 1. The van der Waals surface area contributed by atoms with Crippen molar-refractivity contribution in [3.05, 3.63) is 35.6 Å². The van der Waals surface area contributed by atoms with Crippen LogP contribution in [0, 0.1) is 11.7 Å². The van der Waals surface area contributed by atoms with Crippen molar-refractivity contribution in [3.8, 4) is 0 Å². The van der Waals surface area contributed by atoms with Crippen LogP contribution in [-0.2, 0) is 35.4 Å². The summed E-state index contributed by atoms with van der Waals surface area (Å²) in [7, 11) is 0.641. The van der Waals surface area contributed by atoms with E-state index in [1.165, 1.54) is 35.1 Å². The molecule has 11 heteroatoms. The molecular formula is C25H36FN3O5S2. The zero-order chi connectivity index (χ0) is 26.7. The number of Topliss-reactive ketones (excluding diaryl/α,β-unsaturated/α-hetero) is 1. The monoisotopic (exact) mass is 541 g/mol. The van der Waals surface area contributed by atoms with E-state index in [-0.39, 0.29) is 36.5 Å². The van der Waals surface area contributed by atoms with E-state index >= 15 is 0 Å². The summed E-state index contributed by atoms with van der Waals surface area (Å²) in [5.74, 6) is -2.28. The van der Waals surface area contributed by atoms with Crippen molar-refractivity contribution in [1.29, 1.82) is 0 Å². The van der Waals surface area contributed by atoms with Gasteiger partial charge in [-0.25, -0.2) is 8.60 Å². The van der Waals surface area contributed by atoms with Gasteiger partial charge in [-0.2, -0.15) is 0 Å². The van der Waals surface area contributed by atoms with Gasteiger partial charge < -0.3 is 16.0 Å². The molecule has 0 saturated carbocycles. The number of rotatable bonds is 14. The summed E-state index contributed by atoms with van der Waals surface area (Å²) in [4.78, 5) is 50.6. The third kappa shape index (κ3) is 9.65. The molecule has 0 spiro atoms. The van der Waals surface area contributed by atoms with Crippen LogP contribution in [0.2, 0.25) is 0 Å². The van der Waals surface area contributed by atoms with Gasteiger partial charge in [0.1, 0.15) is 17.9 Å². The SMILES string of the molecule is CCNC(=O)C(=O)[C@H](Cc1ccc(F)cc1)NC(=O)[C@@H](NC(=O)CCCCC1CCSS1=O)C(C)C. The Bertz CT molecular complexity index is 942. The number of carbonyl (C=O) groups is 4. The summed E-state index contributed by atoms with van der Waals surface area (Å²) in [6.45, 7) is 5.48. The zero-order valence-corrected chi connectivity index (χ0v) is 22.6. The Hall–Kier alpha value is -2.27. The third-order valence-electron chi connectivity index (χ3n) is 5.90. The molecule has 1 aromatic carbocycles. The molecule has 8 nitrogen and oxygen atoms in total. The molecule has 0 aliphatic carbocycles. The van der Waals surface area contributed by atoms with Crippen molar-refractivity contribution < 1.29 is 27.8 Å². The first-order valence-electron chi connectivity index (χ1n) is 12.3. The molecular weight excluding hydrogens is 505 g/mol. The molecule has 3 amide bonds. The van der Waals surface area contributed by atoms with Gasteiger partial charge in [-0.1, -0.05) is 43.2 Å². The van der Waals surface area contributed by atoms with Gasteiger partial charge >= 0.3 is 0 Å². The number of amides is 3. The second-order valence-electron chi connectivity index (χ2n) is 9.14. The second-order valence-corrected chi connectivity index (χ2v) is 12.7. The van der Waals surface area contributed by atoms with E-state index in [2.05, 4.69) is 16.0 Å². The Morgan fingerprint density at radius 1 is 1.11 bits per heavy atom. The molecule has 1 saturated heterocycles. The molecule has 0 radical (unpaired) electrons. The van der Waals surface area contributed by atoms with Crippen molar-refractivity contribution in [2.75, 3.05) is 12.3 Å². The van der Waals surface area contributed by atoms with Crippen molar-refractivity contribution in [2.24, 2.45) is 5.92 Å². The maximum Gasteiger partial charge on any atom is 0.289 e. The second kappa shape index (κ2) is 15.1. The number of unbranched alkanes of at least 4 members (excludes halogenated alkanes) is 1. The van der Waals surface area contributed by atoms with Gasteiger partial charge in [0.25, 0.3) is 5.91 Å². The van der Waals surface area contributed by atoms with Crippen LogP contribution in [0.4, 0.5) is 4.39 Å². The van der Waals surface area contributed by atoms with E-state index in [0.717, 1.165) is 25.0 Å². The van der Waals surface area contributed by atoms with Gasteiger partial charge in [-0.05, 0) is 49.8 Å². The summed E-state index contributed by atoms with van der Waals surface area (Å²) >= 11 is 0. The van der Waals surface area contributed by atoms with Crippen molar-refractivity contribution >= 4 is 44.1 Å². The third-order valence-corrected chi connectivity index (χ3v) is 9.57. The lowest BCUT2D eigenvalue weighted by molar-refractivity contribution is -0.140. The lowest BCUT2D eigenvalue weighted by atomic mass is 9.98. The number of nitrogens with one attached hydrogen (secondary N) is 3. The van der Waals surface area contributed by atoms with Gasteiger partial charge in [0.2, 0.25) is 17.6 Å². The molecule has 1 fully saturated rings. The van der Waals surface area contributed by atoms with Crippen LogP contribution in [-0.4, -0.2) is 57.3 Å². The first-order valence-corrected chi connectivity index (χ1v) is 15.0. The van der Waals surface area contributed by atoms with Crippen molar-refractivity contribution in [2.45, 2.75) is 76.6 Å². The standard InChI is InChI=1S/C25H36FN3O5S2/c1-4-27-25(33)23(31)20(15-17-9-11-18(26)12-10-17)28-24(32)22(16(2)3)29-21(30)8-6-5-7-19-13-14-35-36(19)34/h9-12,16,19-20,22H,4-8,13-15H2,1-3H3,(H,27,33)(H,28,32)(H,29,30)/t19?,20-,22-,36?/m0/s1. The van der Waals surface area contributed by atoms with Crippen LogP contribution in [0.15, 0.2) is 24.3 Å². The van der Waals surface area contributed by atoms with Crippen molar-refractivity contribution in [1.82, 2.24) is 16.0 Å². The average Bonchev–Trinajstić information content (AvgIpc) is 3.25. The van der Waals surface area contributed by atoms with Gasteiger partial charge in [0, 0.05) is 30.4 Å². The molecule has 1 aromatic rings. The zero-order valence-electron chi connectivity index (χ0n) is 21.0. The minimum absolute atomic E-state index is 0.00156. The summed E-state index contributed by atoms with van der Waals surface area (Å²) < 4.78 is 25.1. The summed E-state index contributed by atoms with van der Waals surface area (Å²) in [6, 6.07) is 3.39. The Morgan fingerprint density at radius 2 is 1.81 bits per heavy atom. The molecule has 0 bridgehead atoms. The van der Waals surface area contributed by atoms with E-state index in [1.807, 2.05) is 0 Å². The predicted molar refractivity (Wildman–Crippen MR) is 140 cm³/mol. The predicted octanol–water partition coefficient (Wildman–Crippen LogP) is 2.43. The van der Waals surface area contributed by atoms with Crippen LogP contribution < -0.4 is 16.0 Å². The molecule has 200 valence electrons. The fourth-order valence-corrected chi connectivity index (χ4v) is 7.36. The van der Waals surface area contributed by atoms with E-state index < -0.39 is 45.3 Å². The lowest BCUT2D eigenvalue weighted by Crippen LogP contribution is -2.56. The molecule has 1 heterocycles. The molecule has 2 rings (SSSR count). The van der Waals surface area contributed by atoms with Crippen LogP contribution in [0.25, 0.3) is 0 Å². The van der Waals surface area contributed by atoms with Gasteiger partial charge in [-0.3, -0.25) is 19.2 Å². The first-order chi connectivity index (χ1) is 17.1. The highest BCUT2D eigenvalue weighted by atomic mass is 33.1. The molecule has 2 unspecified atom stereocenters. The molecule has 1 aliphatic heterocycles. The molecule has 1 aliphatic rings. The highest BCUT2D eigenvalue weighted by Gasteiger charge is 2.31. The number of carbonyl (C=O) groups excluding carboxylic acids is 4. The fraction of sp³-hybridized carbons (Fsp3) is 0.600. The van der Waals surface area contributed by atoms with E-state index in [4.69, 9.17) is 0 Å². The number of hydrogen-bond donors (Lipinski definition) is 3. The largest absolute Gasteiger partial charge is 0.350 e. The van der Waals surface area contributed by atoms with Crippen molar-refractivity contribution in [3.63, 3.8) is 0 Å². The fourth-order valence-electron chi connectivity index (χ4n) is 3.87. The highest BCUT2D eigenvalue weighted by Crippen LogP contribution is 2.29. The van der Waals surface area contributed by atoms with E-state index in [0.29, 0.717) is 12.0 Å². The Labute approximate surface area is 218 Å². The van der Waals surface area contributed by atoms with Crippen LogP contribution in [0.3, 0.4) is 0 Å². The highest BCUT2D eigenvalue weighted by molar-refractivity contribution is 8.69. The number of hydrogen-bond acceptors (Lipinski definition) is 6. The maximum absolute atomic E-state index is 13.3. The van der Waals surface area contributed by atoms with Gasteiger partial charge in [-0.15, -0.1) is 0 Å². The van der Waals surface area contributed by atoms with Gasteiger partial charge in [0.05, 0.1) is 9.83 Å². The Kier molecular flexibility index (Phi) is 12.6. The normalized spacial score (nSPS) is 18.9. The minimum atomic E-state index is -1.17. The van der Waals surface area contributed by atoms with Crippen LogP contribution in [0.5, 0.6) is 0 Å². The molecule has 0 aromatic heterocycles. The molecule has 36 heavy (non-hydrogen) atoms. The first kappa shape index (κ1) is 30.0. The Balaban J connectivity index is 1.98.